The molecule has 1 saturated carbocycles. The Kier molecular flexibility index (Phi) is 3.32. The fraction of sp³-hybridized carbons (Fsp3) is 0.417. The summed E-state index contributed by atoms with van der Waals surface area (Å²) < 4.78 is 39.0. The summed E-state index contributed by atoms with van der Waals surface area (Å²) in [4.78, 5) is 14.0. The molecular weight excluding hydrogens is 283 g/mol. The van der Waals surface area contributed by atoms with Crippen molar-refractivity contribution >= 4 is 17.7 Å². The van der Waals surface area contributed by atoms with E-state index in [0.29, 0.717) is 25.3 Å². The van der Waals surface area contributed by atoms with Crippen LogP contribution < -0.4 is 0 Å². The van der Waals surface area contributed by atoms with Gasteiger partial charge in [-0.3, -0.25) is 0 Å². The third-order valence-electron chi connectivity index (χ3n) is 3.33. The molecule has 0 radical (unpaired) electrons. The van der Waals surface area contributed by atoms with Crippen LogP contribution in [0.5, 0.6) is 5.75 Å². The number of hydrogen-bond acceptors (Lipinski definition) is 3. The molecule has 0 aromatic heterocycles. The number of carbonyl (C=O) groups excluding carboxylic acids is 1. The average Bonchev–Trinajstić information content (AvgIpc) is 2.25. The molecule has 7 heteroatoms. The highest BCUT2D eigenvalue weighted by molar-refractivity contribution is 6.32. The van der Waals surface area contributed by atoms with Crippen LogP contribution in [-0.4, -0.2) is 11.2 Å². The van der Waals surface area contributed by atoms with Crippen molar-refractivity contribution in [2.24, 2.45) is 4.99 Å². The van der Waals surface area contributed by atoms with Crippen LogP contribution in [0.2, 0.25) is 5.02 Å². The highest BCUT2D eigenvalue weighted by Crippen LogP contribution is 2.50. The van der Waals surface area contributed by atoms with E-state index in [-0.39, 0.29) is 10.6 Å². The molecule has 1 fully saturated rings. The zero-order valence-electron chi connectivity index (χ0n) is 9.59. The molecule has 1 aliphatic carbocycles. The van der Waals surface area contributed by atoms with Crippen LogP contribution in [0.25, 0.3) is 0 Å². The number of phenolic OH excluding ortho intramolecular Hbond substituents is 1. The second-order valence-electron chi connectivity index (χ2n) is 4.44. The Morgan fingerprint density at radius 3 is 2.42 bits per heavy atom. The summed E-state index contributed by atoms with van der Waals surface area (Å²) in [6.45, 7) is 0. The van der Waals surface area contributed by atoms with Gasteiger partial charge in [-0.2, -0.15) is 18.2 Å². The largest absolute Gasteiger partial charge is 0.506 e. The smallest absolute Gasteiger partial charge is 0.416 e. The lowest BCUT2D eigenvalue weighted by molar-refractivity contribution is -0.139. The Morgan fingerprint density at radius 1 is 1.37 bits per heavy atom. The van der Waals surface area contributed by atoms with E-state index < -0.39 is 23.0 Å². The zero-order valence-corrected chi connectivity index (χ0v) is 10.3. The maximum absolute atomic E-state index is 13.0. The van der Waals surface area contributed by atoms with Gasteiger partial charge in [0.15, 0.2) is 0 Å². The molecular formula is C12H9ClF3NO2. The van der Waals surface area contributed by atoms with Gasteiger partial charge in [0.1, 0.15) is 5.75 Å². The number of rotatable bonds is 2. The third-order valence-corrected chi connectivity index (χ3v) is 3.64. The number of benzene rings is 1. The van der Waals surface area contributed by atoms with Crippen LogP contribution in [0.15, 0.2) is 17.1 Å². The van der Waals surface area contributed by atoms with E-state index in [1.54, 1.807) is 0 Å². The van der Waals surface area contributed by atoms with Crippen molar-refractivity contribution in [2.45, 2.75) is 31.0 Å². The summed E-state index contributed by atoms with van der Waals surface area (Å²) in [5, 5.41) is 9.14. The number of aliphatic imine (C=N–C) groups is 1. The van der Waals surface area contributed by atoms with E-state index in [0.717, 1.165) is 6.07 Å². The SMILES string of the molecule is O=C=NC1(c2cc(Cl)c(O)cc2C(F)(F)F)CCC1. The minimum absolute atomic E-state index is 0.183. The minimum atomic E-state index is -4.65. The predicted octanol–water partition coefficient (Wildman–Crippen LogP) is 3.78. The van der Waals surface area contributed by atoms with Crippen molar-refractivity contribution in [1.29, 1.82) is 0 Å². The Bertz CT molecular complexity index is 561. The second-order valence-corrected chi connectivity index (χ2v) is 4.84. The van der Waals surface area contributed by atoms with Crippen LogP contribution in [0, 0.1) is 0 Å². The fourth-order valence-corrected chi connectivity index (χ4v) is 2.39. The van der Waals surface area contributed by atoms with Crippen molar-refractivity contribution < 1.29 is 23.1 Å². The highest BCUT2D eigenvalue weighted by Gasteiger charge is 2.46. The highest BCUT2D eigenvalue weighted by atomic mass is 35.5. The monoisotopic (exact) mass is 291 g/mol. The standard InChI is InChI=1S/C12H9ClF3NO2/c13-9-4-7(11(17-6-18)2-1-3-11)8(5-10(9)19)12(14,15)16/h4-5,19H,1-3H2. The number of aromatic hydroxyl groups is 1. The summed E-state index contributed by atoms with van der Waals surface area (Å²) in [5.41, 5.74) is -2.42. The number of phenols is 1. The number of isocyanates is 1. The lowest BCUT2D eigenvalue weighted by atomic mass is 9.71. The van der Waals surface area contributed by atoms with Gasteiger partial charge in [-0.25, -0.2) is 4.79 Å². The number of hydrogen-bond donors (Lipinski definition) is 1. The first-order valence-electron chi connectivity index (χ1n) is 5.49. The number of nitrogens with zero attached hydrogens (tertiary/aromatic N) is 1. The van der Waals surface area contributed by atoms with Gasteiger partial charge in [-0.05, 0) is 37.0 Å². The third kappa shape index (κ3) is 2.33. The Balaban J connectivity index is 2.68. The Hall–Kier alpha value is -1.52. The molecule has 1 N–H and O–H groups in total. The molecule has 0 unspecified atom stereocenters. The molecule has 19 heavy (non-hydrogen) atoms. The Labute approximate surface area is 111 Å². The van der Waals surface area contributed by atoms with E-state index in [4.69, 9.17) is 11.6 Å². The van der Waals surface area contributed by atoms with E-state index in [1.807, 2.05) is 0 Å². The van der Waals surface area contributed by atoms with Gasteiger partial charge in [0.05, 0.1) is 16.1 Å². The molecule has 0 bridgehead atoms. The minimum Gasteiger partial charge on any atom is -0.506 e. The topological polar surface area (TPSA) is 49.7 Å². The molecule has 0 amide bonds. The first kappa shape index (κ1) is 13.9. The number of alkyl halides is 3. The first-order chi connectivity index (χ1) is 8.80. The van der Waals surface area contributed by atoms with Crippen LogP contribution >= 0.6 is 11.6 Å². The maximum Gasteiger partial charge on any atom is 0.416 e. The molecule has 0 atom stereocenters. The molecule has 2 rings (SSSR count). The predicted molar refractivity (Wildman–Crippen MR) is 61.8 cm³/mol. The first-order valence-corrected chi connectivity index (χ1v) is 5.87. The second kappa shape index (κ2) is 4.54. The fourth-order valence-electron chi connectivity index (χ4n) is 2.22. The Morgan fingerprint density at radius 2 is 2.00 bits per heavy atom. The molecule has 0 heterocycles. The van der Waals surface area contributed by atoms with Crippen molar-refractivity contribution in [3.05, 3.63) is 28.3 Å². The van der Waals surface area contributed by atoms with Crippen LogP contribution in [-0.2, 0) is 16.5 Å². The van der Waals surface area contributed by atoms with E-state index >= 15 is 0 Å². The van der Waals surface area contributed by atoms with Crippen molar-refractivity contribution in [3.63, 3.8) is 0 Å². The normalized spacial score (nSPS) is 17.5. The van der Waals surface area contributed by atoms with Gasteiger partial charge >= 0.3 is 6.18 Å². The molecule has 1 aliphatic rings. The van der Waals surface area contributed by atoms with Crippen LogP contribution in [0.1, 0.15) is 30.4 Å². The molecule has 1 aromatic rings. The van der Waals surface area contributed by atoms with E-state index in [1.165, 1.54) is 6.08 Å². The zero-order chi connectivity index (χ0) is 14.3. The molecule has 0 aliphatic heterocycles. The summed E-state index contributed by atoms with van der Waals surface area (Å²) in [6, 6.07) is 1.60. The summed E-state index contributed by atoms with van der Waals surface area (Å²) in [5.74, 6) is -0.651. The van der Waals surface area contributed by atoms with Gasteiger partial charge in [0.25, 0.3) is 0 Å². The maximum atomic E-state index is 13.0. The molecule has 1 aromatic carbocycles. The lowest BCUT2D eigenvalue weighted by Crippen LogP contribution is -2.34. The van der Waals surface area contributed by atoms with Crippen LogP contribution in [0.4, 0.5) is 13.2 Å². The van der Waals surface area contributed by atoms with Crippen molar-refractivity contribution in [1.82, 2.24) is 0 Å². The molecule has 102 valence electrons. The van der Waals surface area contributed by atoms with Gasteiger partial charge in [0.2, 0.25) is 6.08 Å². The summed E-state index contributed by atoms with van der Waals surface area (Å²) >= 11 is 5.67. The van der Waals surface area contributed by atoms with E-state index in [9.17, 15) is 23.1 Å². The molecule has 0 spiro atoms. The quantitative estimate of drug-likeness (QED) is 0.666. The number of halogens is 4. The van der Waals surface area contributed by atoms with Crippen molar-refractivity contribution in [3.8, 4) is 5.75 Å². The average molecular weight is 292 g/mol. The van der Waals surface area contributed by atoms with Gasteiger partial charge in [-0.1, -0.05) is 11.6 Å². The summed E-state index contributed by atoms with van der Waals surface area (Å²) in [7, 11) is 0. The molecule has 0 saturated heterocycles. The van der Waals surface area contributed by atoms with E-state index in [2.05, 4.69) is 4.99 Å². The van der Waals surface area contributed by atoms with Crippen LogP contribution in [0.3, 0.4) is 0 Å². The lowest BCUT2D eigenvalue weighted by Gasteiger charge is -2.38. The molecule has 3 nitrogen and oxygen atoms in total. The van der Waals surface area contributed by atoms with Gasteiger partial charge < -0.3 is 5.11 Å². The van der Waals surface area contributed by atoms with Crippen molar-refractivity contribution in [2.75, 3.05) is 0 Å². The van der Waals surface area contributed by atoms with Gasteiger partial charge in [-0.15, -0.1) is 0 Å². The van der Waals surface area contributed by atoms with Gasteiger partial charge in [0, 0.05) is 0 Å². The summed E-state index contributed by atoms with van der Waals surface area (Å²) in [6.07, 6.45) is -2.01.